The summed E-state index contributed by atoms with van der Waals surface area (Å²) in [6.45, 7) is 0.742. The molecule has 0 saturated heterocycles. The molecular weight excluding hydrogens is 425 g/mol. The van der Waals surface area contributed by atoms with Crippen LogP contribution in [0.15, 0.2) is 24.3 Å². The first-order valence-electron chi connectivity index (χ1n) is 8.39. The zero-order valence-electron chi connectivity index (χ0n) is 15.4. The summed E-state index contributed by atoms with van der Waals surface area (Å²) in [5, 5.41) is 13.5. The van der Waals surface area contributed by atoms with Gasteiger partial charge in [0.15, 0.2) is 0 Å². The smallest absolute Gasteiger partial charge is 0.384 e. The number of rotatable bonds is 8. The number of benzene rings is 1. The van der Waals surface area contributed by atoms with Crippen LogP contribution in [0.5, 0.6) is 0 Å². The molecule has 29 heavy (non-hydrogen) atoms. The van der Waals surface area contributed by atoms with Crippen molar-refractivity contribution < 1.29 is 36.6 Å². The molecule has 0 fully saturated rings. The Morgan fingerprint density at radius 3 is 2.10 bits per heavy atom. The lowest BCUT2D eigenvalue weighted by Gasteiger charge is -2.32. The van der Waals surface area contributed by atoms with E-state index >= 15 is 0 Å². The van der Waals surface area contributed by atoms with Gasteiger partial charge in [-0.3, -0.25) is 9.59 Å². The number of aliphatic hydroxyl groups excluding tert-OH is 1. The van der Waals surface area contributed by atoms with Gasteiger partial charge in [-0.05, 0) is 23.6 Å². The molecule has 0 spiro atoms. The second-order valence-electron chi connectivity index (χ2n) is 6.67. The van der Waals surface area contributed by atoms with E-state index in [9.17, 15) is 36.6 Å². The third kappa shape index (κ3) is 7.09. The third-order valence-electron chi connectivity index (χ3n) is 4.00. The van der Waals surface area contributed by atoms with E-state index in [1.165, 1.54) is 38.1 Å². The maximum Gasteiger partial charge on any atom is 0.405 e. The van der Waals surface area contributed by atoms with E-state index in [0.29, 0.717) is 10.6 Å². The molecule has 1 rings (SSSR count). The predicted molar refractivity (Wildman–Crippen MR) is 95.2 cm³/mol. The van der Waals surface area contributed by atoms with Gasteiger partial charge in [0.25, 0.3) is 5.91 Å². The molecule has 0 radical (unpaired) electrons. The first-order chi connectivity index (χ1) is 13.2. The molecule has 6 nitrogen and oxygen atoms in total. The van der Waals surface area contributed by atoms with Crippen molar-refractivity contribution in [1.29, 1.82) is 0 Å². The molecule has 0 aliphatic carbocycles. The highest BCUT2D eigenvalue weighted by Gasteiger charge is 2.51. The molecule has 0 aliphatic heterocycles. The van der Waals surface area contributed by atoms with E-state index in [0.717, 1.165) is 5.32 Å². The van der Waals surface area contributed by atoms with Crippen LogP contribution in [0.4, 0.5) is 22.0 Å². The number of nitrogens with two attached hydrogens (primary N) is 1. The van der Waals surface area contributed by atoms with Crippen molar-refractivity contribution >= 4 is 23.4 Å². The molecule has 1 aromatic rings. The molecule has 0 unspecified atom stereocenters. The monoisotopic (exact) mass is 445 g/mol. The Bertz CT molecular complexity index is 713. The SMILES string of the molecule is CC(C)[C@H](NC(=O)[C@@H](N)c1ccc(Cl)cc1)[C@@H](O)C(F)(F)C(=O)NCC(F)(F)F. The molecule has 0 heterocycles. The van der Waals surface area contributed by atoms with Crippen LogP contribution in [0.25, 0.3) is 0 Å². The lowest BCUT2D eigenvalue weighted by molar-refractivity contribution is -0.174. The summed E-state index contributed by atoms with van der Waals surface area (Å²) in [4.78, 5) is 23.8. The summed E-state index contributed by atoms with van der Waals surface area (Å²) < 4.78 is 64.8. The summed E-state index contributed by atoms with van der Waals surface area (Å²) in [6.07, 6.45) is -7.70. The second kappa shape index (κ2) is 9.68. The number of alkyl halides is 5. The van der Waals surface area contributed by atoms with Crippen LogP contribution < -0.4 is 16.4 Å². The largest absolute Gasteiger partial charge is 0.405 e. The highest BCUT2D eigenvalue weighted by Crippen LogP contribution is 2.26. The first kappa shape index (κ1) is 25.1. The zero-order chi connectivity index (χ0) is 22.6. The summed E-state index contributed by atoms with van der Waals surface area (Å²) in [5.41, 5.74) is 6.08. The van der Waals surface area contributed by atoms with E-state index < -0.39 is 54.6 Å². The Labute approximate surface area is 168 Å². The fourth-order valence-corrected chi connectivity index (χ4v) is 2.47. The second-order valence-corrected chi connectivity index (χ2v) is 7.11. The molecule has 0 bridgehead atoms. The Hall–Kier alpha value is -1.98. The summed E-state index contributed by atoms with van der Waals surface area (Å²) in [6, 6.07) is 2.82. The van der Waals surface area contributed by atoms with Gasteiger partial charge in [-0.1, -0.05) is 37.6 Å². The zero-order valence-corrected chi connectivity index (χ0v) is 16.2. The van der Waals surface area contributed by atoms with Crippen molar-refractivity contribution in [2.24, 2.45) is 11.7 Å². The Kier molecular flexibility index (Phi) is 8.36. The maximum absolute atomic E-state index is 14.2. The number of nitrogens with one attached hydrogen (secondary N) is 2. The fraction of sp³-hybridized carbons (Fsp3) is 0.529. The van der Waals surface area contributed by atoms with E-state index in [1.54, 1.807) is 0 Å². The van der Waals surface area contributed by atoms with Gasteiger partial charge >= 0.3 is 12.1 Å². The van der Waals surface area contributed by atoms with Crippen LogP contribution in [-0.2, 0) is 9.59 Å². The molecule has 3 atom stereocenters. The van der Waals surface area contributed by atoms with Crippen LogP contribution in [0, 0.1) is 5.92 Å². The number of amides is 2. The molecular formula is C17H21ClF5N3O3. The minimum absolute atomic E-state index is 0.304. The van der Waals surface area contributed by atoms with Crippen LogP contribution in [0.1, 0.15) is 25.5 Å². The lowest BCUT2D eigenvalue weighted by Crippen LogP contribution is -2.60. The quantitative estimate of drug-likeness (QED) is 0.460. The third-order valence-corrected chi connectivity index (χ3v) is 4.25. The number of carbonyl (C=O) groups is 2. The molecule has 2 amide bonds. The highest BCUT2D eigenvalue weighted by molar-refractivity contribution is 6.30. The summed E-state index contributed by atoms with van der Waals surface area (Å²) in [5.74, 6) is -8.66. The minimum atomic E-state index is -4.91. The van der Waals surface area contributed by atoms with Crippen molar-refractivity contribution in [3.63, 3.8) is 0 Å². The van der Waals surface area contributed by atoms with E-state index in [-0.39, 0.29) is 0 Å². The Morgan fingerprint density at radius 2 is 1.66 bits per heavy atom. The maximum atomic E-state index is 14.2. The van der Waals surface area contributed by atoms with Crippen LogP contribution in [0.3, 0.4) is 0 Å². The van der Waals surface area contributed by atoms with Crippen LogP contribution >= 0.6 is 11.6 Å². The lowest BCUT2D eigenvalue weighted by atomic mass is 9.93. The van der Waals surface area contributed by atoms with Crippen molar-refractivity contribution in [1.82, 2.24) is 10.6 Å². The molecule has 5 N–H and O–H groups in total. The van der Waals surface area contributed by atoms with Crippen molar-refractivity contribution in [3.05, 3.63) is 34.9 Å². The topological polar surface area (TPSA) is 104 Å². The van der Waals surface area contributed by atoms with Gasteiger partial charge in [0.1, 0.15) is 18.7 Å². The van der Waals surface area contributed by atoms with Gasteiger partial charge in [0.2, 0.25) is 5.91 Å². The normalized spacial score (nSPS) is 15.6. The van der Waals surface area contributed by atoms with E-state index in [2.05, 4.69) is 5.32 Å². The van der Waals surface area contributed by atoms with Crippen LogP contribution in [-0.4, -0.2) is 47.7 Å². The molecule has 164 valence electrons. The Balaban J connectivity index is 2.93. The number of aliphatic hydroxyl groups is 1. The van der Waals surface area contributed by atoms with E-state index in [4.69, 9.17) is 17.3 Å². The minimum Gasteiger partial charge on any atom is -0.384 e. The van der Waals surface area contributed by atoms with Crippen molar-refractivity contribution in [3.8, 4) is 0 Å². The van der Waals surface area contributed by atoms with Crippen LogP contribution in [0.2, 0.25) is 5.02 Å². The van der Waals surface area contributed by atoms with Gasteiger partial charge < -0.3 is 21.5 Å². The van der Waals surface area contributed by atoms with Gasteiger partial charge in [-0.25, -0.2) is 0 Å². The number of hydrogen-bond acceptors (Lipinski definition) is 4. The predicted octanol–water partition coefficient (Wildman–Crippen LogP) is 2.16. The van der Waals surface area contributed by atoms with Gasteiger partial charge in [0, 0.05) is 5.02 Å². The molecule has 1 aromatic carbocycles. The molecule has 0 saturated carbocycles. The number of halogens is 6. The average Bonchev–Trinajstić information content (AvgIpc) is 2.62. The number of carbonyl (C=O) groups excluding carboxylic acids is 2. The number of hydrogen-bond donors (Lipinski definition) is 4. The average molecular weight is 446 g/mol. The standard InChI is InChI=1S/C17H21ClF5N3O3/c1-8(2)12(13(27)17(22,23)15(29)25-7-16(19,20)21)26-14(28)11(24)9-3-5-10(18)6-4-9/h3-6,8,11-13,27H,7,24H2,1-2H3,(H,25,29)(H,26,28)/t11-,12-,13+/m0/s1. The summed E-state index contributed by atoms with van der Waals surface area (Å²) >= 11 is 5.73. The van der Waals surface area contributed by atoms with E-state index in [1.807, 2.05) is 0 Å². The van der Waals surface area contributed by atoms with Gasteiger partial charge in [-0.15, -0.1) is 0 Å². The first-order valence-corrected chi connectivity index (χ1v) is 8.77. The van der Waals surface area contributed by atoms with Gasteiger partial charge in [0.05, 0.1) is 6.04 Å². The molecule has 0 aliphatic rings. The fourth-order valence-electron chi connectivity index (χ4n) is 2.34. The molecule has 12 heteroatoms. The Morgan fingerprint density at radius 1 is 1.14 bits per heavy atom. The van der Waals surface area contributed by atoms with Crippen molar-refractivity contribution in [2.75, 3.05) is 6.54 Å². The summed E-state index contributed by atoms with van der Waals surface area (Å²) in [7, 11) is 0. The van der Waals surface area contributed by atoms with Crippen molar-refractivity contribution in [2.45, 2.75) is 44.1 Å². The highest BCUT2D eigenvalue weighted by atomic mass is 35.5. The molecule has 0 aromatic heterocycles. The van der Waals surface area contributed by atoms with Gasteiger partial charge in [-0.2, -0.15) is 22.0 Å².